The summed E-state index contributed by atoms with van der Waals surface area (Å²) in [7, 11) is 0. The van der Waals surface area contributed by atoms with Crippen LogP contribution in [0.3, 0.4) is 0 Å². The number of aliphatic hydroxyl groups is 7. The van der Waals surface area contributed by atoms with Gasteiger partial charge in [-0.1, -0.05) is 30.3 Å². The van der Waals surface area contributed by atoms with Gasteiger partial charge in [-0.05, 0) is 5.56 Å². The fourth-order valence-electron chi connectivity index (χ4n) is 3.72. The fourth-order valence-corrected chi connectivity index (χ4v) is 3.72. The van der Waals surface area contributed by atoms with Gasteiger partial charge in [-0.25, -0.2) is 4.79 Å². The van der Waals surface area contributed by atoms with Crippen molar-refractivity contribution in [3.05, 3.63) is 35.9 Å². The van der Waals surface area contributed by atoms with Crippen molar-refractivity contribution in [3.8, 4) is 0 Å². The Hall–Kier alpha value is -2.04. The van der Waals surface area contributed by atoms with E-state index in [9.17, 15) is 45.3 Å². The Kier molecular flexibility index (Phi) is 8.70. The predicted molar refractivity (Wildman–Crippen MR) is 108 cm³/mol. The van der Waals surface area contributed by atoms with E-state index in [2.05, 4.69) is 0 Å². The van der Waals surface area contributed by atoms with Gasteiger partial charge in [0.25, 0.3) is 0 Å². The summed E-state index contributed by atoms with van der Waals surface area (Å²) >= 11 is 0. The van der Waals surface area contributed by atoms with Gasteiger partial charge >= 0.3 is 5.97 Å². The van der Waals surface area contributed by atoms with Crippen LogP contribution in [-0.4, -0.2) is 122 Å². The summed E-state index contributed by atoms with van der Waals surface area (Å²) in [5, 5.41) is 69.7. The first-order valence-corrected chi connectivity index (χ1v) is 10.5. The number of ether oxygens (including phenoxy) is 4. The fraction of sp³-hybridized carbons (Fsp3) is 0.619. The van der Waals surface area contributed by atoms with Crippen LogP contribution < -0.4 is 0 Å². The zero-order valence-corrected chi connectivity index (χ0v) is 17.9. The van der Waals surface area contributed by atoms with Crippen LogP contribution in [0, 0.1) is 0 Å². The van der Waals surface area contributed by atoms with Gasteiger partial charge in [0.1, 0.15) is 49.3 Å². The first-order chi connectivity index (χ1) is 16.1. The molecule has 1 aromatic rings. The minimum Gasteiger partial charge on any atom is -0.454 e. The first-order valence-electron chi connectivity index (χ1n) is 10.5. The molecule has 3 rings (SSSR count). The van der Waals surface area contributed by atoms with Gasteiger partial charge in [-0.3, -0.25) is 4.79 Å². The molecule has 9 atom stereocenters. The zero-order chi connectivity index (χ0) is 25.0. The maximum absolute atomic E-state index is 12.3. The maximum atomic E-state index is 12.3. The molecule has 2 saturated heterocycles. The van der Waals surface area contributed by atoms with E-state index in [0.717, 1.165) is 0 Å². The number of carbonyl (C=O) groups excluding carboxylic acids is 2. The Labute approximate surface area is 193 Å². The molecular weight excluding hydrogens is 460 g/mol. The Morgan fingerprint density at radius 3 is 2.12 bits per heavy atom. The van der Waals surface area contributed by atoms with Gasteiger partial charge in [0.2, 0.25) is 11.6 Å². The number of Topliss-reactive ketones (excluding diaryl/α,β-unsaturated/α-hetero) is 1. The molecule has 0 aliphatic carbocycles. The number of benzene rings is 1. The topological polar surface area (TPSA) is 213 Å². The summed E-state index contributed by atoms with van der Waals surface area (Å²) in [5.74, 6) is -4.68. The summed E-state index contributed by atoms with van der Waals surface area (Å²) in [6, 6.07) is 8.34. The molecule has 0 saturated carbocycles. The molecule has 2 fully saturated rings. The molecular formula is C21H28O13. The van der Waals surface area contributed by atoms with Gasteiger partial charge < -0.3 is 54.7 Å². The number of esters is 1. The van der Waals surface area contributed by atoms with Crippen LogP contribution in [0.25, 0.3) is 0 Å². The van der Waals surface area contributed by atoms with E-state index >= 15 is 0 Å². The molecule has 0 amide bonds. The molecule has 0 bridgehead atoms. The van der Waals surface area contributed by atoms with Crippen molar-refractivity contribution in [1.82, 2.24) is 0 Å². The largest absolute Gasteiger partial charge is 0.454 e. The van der Waals surface area contributed by atoms with Crippen molar-refractivity contribution in [2.45, 2.75) is 61.2 Å². The Morgan fingerprint density at radius 2 is 1.53 bits per heavy atom. The first kappa shape index (κ1) is 26.6. The highest BCUT2D eigenvalue weighted by atomic mass is 16.8. The van der Waals surface area contributed by atoms with Crippen molar-refractivity contribution < 1.29 is 64.3 Å². The molecule has 0 spiro atoms. The number of hydrogen-bond acceptors (Lipinski definition) is 13. The molecule has 1 aromatic carbocycles. The number of carbonyl (C=O) groups is 2. The Balaban J connectivity index is 1.76. The monoisotopic (exact) mass is 488 g/mol. The Bertz CT molecular complexity index is 833. The highest BCUT2D eigenvalue weighted by Gasteiger charge is 2.59. The van der Waals surface area contributed by atoms with E-state index in [4.69, 9.17) is 18.9 Å². The summed E-state index contributed by atoms with van der Waals surface area (Å²) in [6.07, 6.45) is -14.0. The van der Waals surface area contributed by atoms with E-state index in [0.29, 0.717) is 5.56 Å². The van der Waals surface area contributed by atoms with Crippen LogP contribution in [0.1, 0.15) is 5.56 Å². The van der Waals surface area contributed by atoms with Crippen molar-refractivity contribution in [3.63, 3.8) is 0 Å². The zero-order valence-electron chi connectivity index (χ0n) is 17.9. The van der Waals surface area contributed by atoms with Crippen LogP contribution in [0.15, 0.2) is 30.3 Å². The third kappa shape index (κ3) is 5.44. The van der Waals surface area contributed by atoms with Crippen molar-refractivity contribution in [2.75, 3.05) is 19.8 Å². The van der Waals surface area contributed by atoms with Gasteiger partial charge in [0.15, 0.2) is 6.29 Å². The van der Waals surface area contributed by atoms with Gasteiger partial charge in [0, 0.05) is 6.42 Å². The minimum atomic E-state index is -2.44. The van der Waals surface area contributed by atoms with Crippen LogP contribution in [0.2, 0.25) is 0 Å². The van der Waals surface area contributed by atoms with E-state index in [1.54, 1.807) is 30.3 Å². The summed E-state index contributed by atoms with van der Waals surface area (Å²) in [6.45, 7) is -2.53. The number of aliphatic hydroxyl groups excluding tert-OH is 7. The van der Waals surface area contributed by atoms with Gasteiger partial charge in [0.05, 0.1) is 13.2 Å². The number of ketones is 1. The van der Waals surface area contributed by atoms with Crippen LogP contribution >= 0.6 is 0 Å². The third-order valence-corrected chi connectivity index (χ3v) is 5.69. The molecule has 2 aliphatic heterocycles. The maximum Gasteiger partial charge on any atom is 0.375 e. The molecule has 2 aliphatic rings. The molecule has 34 heavy (non-hydrogen) atoms. The highest BCUT2D eigenvalue weighted by molar-refractivity contribution is 6.34. The van der Waals surface area contributed by atoms with Crippen molar-refractivity contribution in [2.24, 2.45) is 0 Å². The smallest absolute Gasteiger partial charge is 0.375 e. The third-order valence-electron chi connectivity index (χ3n) is 5.69. The van der Waals surface area contributed by atoms with Crippen molar-refractivity contribution >= 4 is 11.8 Å². The van der Waals surface area contributed by atoms with Crippen molar-refractivity contribution in [1.29, 1.82) is 0 Å². The molecule has 13 nitrogen and oxygen atoms in total. The van der Waals surface area contributed by atoms with Crippen LogP contribution in [0.5, 0.6) is 0 Å². The Morgan fingerprint density at radius 1 is 0.882 bits per heavy atom. The molecule has 0 unspecified atom stereocenters. The lowest BCUT2D eigenvalue weighted by molar-refractivity contribution is -0.383. The second-order valence-electron chi connectivity index (χ2n) is 8.06. The normalized spacial score (nSPS) is 38.0. The standard InChI is InChI=1S/C21H28O13/c22-7-12-14(25)16(27)17(28)20(32-12)34-21(18(29)15(26)13(8-23)33-21)9-31-19(30)11(24)6-10-4-2-1-3-5-10/h1-5,12-18,20,22-23,25-29H,6-9H2/t12-,13-,14-,15-,16+,17-,18+,20-,21+/m1/s1. The lowest BCUT2D eigenvalue weighted by Crippen LogP contribution is -2.63. The molecule has 0 aromatic heterocycles. The van der Waals surface area contributed by atoms with E-state index in [-0.39, 0.29) is 6.42 Å². The van der Waals surface area contributed by atoms with Crippen LogP contribution in [0.4, 0.5) is 0 Å². The molecule has 7 N–H and O–H groups in total. The quantitative estimate of drug-likeness (QED) is 0.130. The lowest BCUT2D eigenvalue weighted by Gasteiger charge is -2.43. The van der Waals surface area contributed by atoms with E-state index < -0.39 is 86.4 Å². The average Bonchev–Trinajstić information content (AvgIpc) is 3.08. The van der Waals surface area contributed by atoms with E-state index in [1.807, 2.05) is 0 Å². The molecule has 190 valence electrons. The predicted octanol–water partition coefficient (Wildman–Crippen LogP) is -4.03. The highest BCUT2D eigenvalue weighted by Crippen LogP contribution is 2.36. The molecule has 2 heterocycles. The molecule has 13 heteroatoms. The minimum absolute atomic E-state index is 0.272. The van der Waals surface area contributed by atoms with E-state index in [1.165, 1.54) is 0 Å². The van der Waals surface area contributed by atoms with Gasteiger partial charge in [-0.2, -0.15) is 0 Å². The summed E-state index contributed by atoms with van der Waals surface area (Å²) in [5.41, 5.74) is 0.546. The van der Waals surface area contributed by atoms with Crippen LogP contribution in [-0.2, 0) is 35.0 Å². The second kappa shape index (κ2) is 11.1. The summed E-state index contributed by atoms with van der Waals surface area (Å²) in [4.78, 5) is 24.5. The molecule has 0 radical (unpaired) electrons. The number of rotatable bonds is 9. The van der Waals surface area contributed by atoms with Gasteiger partial charge in [-0.15, -0.1) is 0 Å². The number of hydrogen-bond donors (Lipinski definition) is 7. The lowest BCUT2D eigenvalue weighted by atomic mass is 9.99. The second-order valence-corrected chi connectivity index (χ2v) is 8.06. The summed E-state index contributed by atoms with van der Waals surface area (Å²) < 4.78 is 21.1. The average molecular weight is 488 g/mol. The SMILES string of the molecule is O=C(Cc1ccccc1)C(=O)OC[C@@]1(O[C@H]2O[C@H](CO)[C@@H](O)[C@H](O)[C@H]2O)O[C@H](CO)[C@@H](O)[C@@H]1O.